The summed E-state index contributed by atoms with van der Waals surface area (Å²) < 4.78 is 0.863. The lowest BCUT2D eigenvalue weighted by Gasteiger charge is -2.12. The summed E-state index contributed by atoms with van der Waals surface area (Å²) in [6.07, 6.45) is 0. The summed E-state index contributed by atoms with van der Waals surface area (Å²) in [6.45, 7) is -0.391. The molecule has 0 aromatic heterocycles. The van der Waals surface area contributed by atoms with Crippen LogP contribution in [-0.4, -0.2) is 29.7 Å². The van der Waals surface area contributed by atoms with Crippen LogP contribution in [0.25, 0.3) is 0 Å². The molecule has 0 spiro atoms. The highest BCUT2D eigenvalue weighted by atomic mass is 79.9. The summed E-state index contributed by atoms with van der Waals surface area (Å²) in [7, 11) is 0. The quantitative estimate of drug-likeness (QED) is 0.792. The molecule has 1 saturated heterocycles. The summed E-state index contributed by atoms with van der Waals surface area (Å²) in [5.41, 5.74) is 0.488. The molecule has 1 fully saturated rings. The fourth-order valence-corrected chi connectivity index (χ4v) is 1.75. The van der Waals surface area contributed by atoms with Crippen molar-refractivity contribution < 1.29 is 14.7 Å². The first-order chi connectivity index (χ1) is 7.63. The first kappa shape index (κ1) is 11.1. The molecule has 0 radical (unpaired) electrons. The number of nitrogens with zero attached hydrogens (tertiary/aromatic N) is 1. The lowest BCUT2D eigenvalue weighted by Crippen LogP contribution is -2.33. The Morgan fingerprint density at radius 2 is 1.94 bits per heavy atom. The second-order valence-electron chi connectivity index (χ2n) is 3.33. The maximum atomic E-state index is 11.7. The fourth-order valence-electron chi connectivity index (χ4n) is 1.49. The summed E-state index contributed by atoms with van der Waals surface area (Å²) in [5, 5.41) is 11.3. The van der Waals surface area contributed by atoms with Crippen LogP contribution >= 0.6 is 15.9 Å². The Bertz CT molecular complexity index is 432. The molecule has 1 heterocycles. The van der Waals surface area contributed by atoms with E-state index in [9.17, 15) is 9.59 Å². The van der Waals surface area contributed by atoms with Gasteiger partial charge in [-0.05, 0) is 24.3 Å². The minimum atomic E-state index is -0.837. The van der Waals surface area contributed by atoms with Crippen molar-refractivity contribution in [2.45, 2.75) is 6.04 Å². The minimum absolute atomic E-state index is 0.391. The van der Waals surface area contributed by atoms with Crippen molar-refractivity contribution in [1.82, 2.24) is 5.32 Å². The van der Waals surface area contributed by atoms with Gasteiger partial charge in [0.25, 0.3) is 5.91 Å². The number of aliphatic hydroxyl groups is 1. The van der Waals surface area contributed by atoms with E-state index in [-0.39, 0.29) is 0 Å². The van der Waals surface area contributed by atoms with E-state index >= 15 is 0 Å². The zero-order valence-electron chi connectivity index (χ0n) is 8.18. The van der Waals surface area contributed by atoms with Crippen LogP contribution in [0.4, 0.5) is 10.5 Å². The maximum Gasteiger partial charge on any atom is 0.329 e. The van der Waals surface area contributed by atoms with Crippen molar-refractivity contribution >= 4 is 33.6 Å². The second-order valence-corrected chi connectivity index (χ2v) is 4.25. The Labute approximate surface area is 100 Å². The van der Waals surface area contributed by atoms with Gasteiger partial charge in [-0.3, -0.25) is 4.79 Å². The van der Waals surface area contributed by atoms with E-state index < -0.39 is 24.6 Å². The predicted molar refractivity (Wildman–Crippen MR) is 61.0 cm³/mol. The van der Waals surface area contributed by atoms with Crippen molar-refractivity contribution in [3.63, 3.8) is 0 Å². The Hall–Kier alpha value is -1.40. The third kappa shape index (κ3) is 1.81. The van der Waals surface area contributed by atoms with Gasteiger partial charge in [0, 0.05) is 4.47 Å². The number of hydrogen-bond donors (Lipinski definition) is 2. The SMILES string of the molecule is O=C1NC(CO)C(=O)N1c1ccc(Br)cc1. The van der Waals surface area contributed by atoms with Crippen LogP contribution < -0.4 is 10.2 Å². The van der Waals surface area contributed by atoms with Gasteiger partial charge in [-0.2, -0.15) is 0 Å². The number of carbonyl (C=O) groups excluding carboxylic acids is 2. The topological polar surface area (TPSA) is 69.6 Å². The number of anilines is 1. The van der Waals surface area contributed by atoms with Crippen molar-refractivity contribution in [3.8, 4) is 0 Å². The molecule has 2 N–H and O–H groups in total. The molecule has 1 aliphatic rings. The monoisotopic (exact) mass is 284 g/mol. The van der Waals surface area contributed by atoms with Gasteiger partial charge in [0.1, 0.15) is 6.04 Å². The third-order valence-electron chi connectivity index (χ3n) is 2.29. The molecule has 2 rings (SSSR count). The highest BCUT2D eigenvalue weighted by Crippen LogP contribution is 2.21. The van der Waals surface area contributed by atoms with Crippen LogP contribution in [0.1, 0.15) is 0 Å². The number of imide groups is 1. The zero-order chi connectivity index (χ0) is 11.7. The van der Waals surface area contributed by atoms with Gasteiger partial charge in [-0.15, -0.1) is 0 Å². The Morgan fingerprint density at radius 1 is 1.31 bits per heavy atom. The van der Waals surface area contributed by atoms with E-state index in [4.69, 9.17) is 5.11 Å². The number of aliphatic hydroxyl groups excluding tert-OH is 1. The molecule has 0 bridgehead atoms. The molecular formula is C10H9BrN2O3. The highest BCUT2D eigenvalue weighted by molar-refractivity contribution is 9.10. The molecule has 1 aromatic rings. The molecule has 3 amide bonds. The number of nitrogens with one attached hydrogen (secondary N) is 1. The largest absolute Gasteiger partial charge is 0.394 e. The average molecular weight is 285 g/mol. The van der Waals surface area contributed by atoms with E-state index in [0.29, 0.717) is 5.69 Å². The number of urea groups is 1. The molecule has 1 unspecified atom stereocenters. The van der Waals surface area contributed by atoms with Crippen molar-refractivity contribution in [2.24, 2.45) is 0 Å². The smallest absolute Gasteiger partial charge is 0.329 e. The predicted octanol–water partition coefficient (Wildman–Crippen LogP) is 0.866. The Morgan fingerprint density at radius 3 is 2.44 bits per heavy atom. The molecule has 5 nitrogen and oxygen atoms in total. The summed E-state index contributed by atoms with van der Waals surface area (Å²) in [6, 6.07) is 5.44. The molecule has 84 valence electrons. The number of amides is 3. The van der Waals surface area contributed by atoms with Crippen LogP contribution in [0.15, 0.2) is 28.7 Å². The summed E-state index contributed by atoms with van der Waals surface area (Å²) >= 11 is 3.27. The van der Waals surface area contributed by atoms with E-state index in [2.05, 4.69) is 21.2 Å². The van der Waals surface area contributed by atoms with Crippen LogP contribution in [0.2, 0.25) is 0 Å². The van der Waals surface area contributed by atoms with E-state index in [1.54, 1.807) is 24.3 Å². The molecule has 0 aliphatic carbocycles. The van der Waals surface area contributed by atoms with E-state index in [0.717, 1.165) is 9.37 Å². The minimum Gasteiger partial charge on any atom is -0.394 e. The molecule has 1 atom stereocenters. The van der Waals surface area contributed by atoms with Gasteiger partial charge < -0.3 is 10.4 Å². The normalized spacial score (nSPS) is 20.1. The first-order valence-corrected chi connectivity index (χ1v) is 5.43. The molecule has 16 heavy (non-hydrogen) atoms. The van der Waals surface area contributed by atoms with Gasteiger partial charge in [-0.1, -0.05) is 15.9 Å². The molecule has 1 aliphatic heterocycles. The van der Waals surface area contributed by atoms with Crippen LogP contribution in [0, 0.1) is 0 Å². The highest BCUT2D eigenvalue weighted by Gasteiger charge is 2.38. The van der Waals surface area contributed by atoms with Crippen molar-refractivity contribution in [3.05, 3.63) is 28.7 Å². The number of rotatable bonds is 2. The number of hydrogen-bond acceptors (Lipinski definition) is 3. The Kier molecular flexibility index (Phi) is 2.93. The lowest BCUT2D eigenvalue weighted by molar-refractivity contribution is -0.119. The van der Waals surface area contributed by atoms with Crippen LogP contribution in [0.3, 0.4) is 0 Å². The number of halogens is 1. The molecular weight excluding hydrogens is 276 g/mol. The van der Waals surface area contributed by atoms with E-state index in [1.807, 2.05) is 0 Å². The average Bonchev–Trinajstić information content (AvgIpc) is 2.56. The number of benzene rings is 1. The van der Waals surface area contributed by atoms with Crippen molar-refractivity contribution in [1.29, 1.82) is 0 Å². The molecule has 6 heteroatoms. The maximum absolute atomic E-state index is 11.7. The van der Waals surface area contributed by atoms with Gasteiger partial charge in [0.2, 0.25) is 0 Å². The van der Waals surface area contributed by atoms with Crippen LogP contribution in [0.5, 0.6) is 0 Å². The molecule has 1 aromatic carbocycles. The van der Waals surface area contributed by atoms with Crippen molar-refractivity contribution in [2.75, 3.05) is 11.5 Å². The van der Waals surface area contributed by atoms with Gasteiger partial charge in [0.15, 0.2) is 0 Å². The zero-order valence-corrected chi connectivity index (χ0v) is 9.77. The third-order valence-corrected chi connectivity index (χ3v) is 2.82. The van der Waals surface area contributed by atoms with Gasteiger partial charge in [-0.25, -0.2) is 9.69 Å². The lowest BCUT2D eigenvalue weighted by atomic mass is 10.2. The first-order valence-electron chi connectivity index (χ1n) is 4.64. The fraction of sp³-hybridized carbons (Fsp3) is 0.200. The number of carbonyl (C=O) groups is 2. The summed E-state index contributed by atoms with van der Waals surface area (Å²) in [5.74, 6) is -0.435. The second kappa shape index (κ2) is 4.23. The summed E-state index contributed by atoms with van der Waals surface area (Å²) in [4.78, 5) is 24.2. The van der Waals surface area contributed by atoms with Gasteiger partial charge in [0.05, 0.1) is 12.3 Å². The molecule has 0 saturated carbocycles. The van der Waals surface area contributed by atoms with Gasteiger partial charge >= 0.3 is 6.03 Å². The van der Waals surface area contributed by atoms with Crippen LogP contribution in [-0.2, 0) is 4.79 Å². The Balaban J connectivity index is 2.31. The standard InChI is InChI=1S/C10H9BrN2O3/c11-6-1-3-7(4-2-6)13-9(15)8(5-14)12-10(13)16/h1-4,8,14H,5H2,(H,12,16). The van der Waals surface area contributed by atoms with E-state index in [1.165, 1.54) is 0 Å².